The van der Waals surface area contributed by atoms with E-state index in [1.54, 1.807) is 0 Å². The van der Waals surface area contributed by atoms with Gasteiger partial charge in [0, 0.05) is 45.6 Å². The van der Waals surface area contributed by atoms with E-state index in [1.165, 1.54) is 36.3 Å². The summed E-state index contributed by atoms with van der Waals surface area (Å²) in [7, 11) is 0. The largest absolute Gasteiger partial charge is 0.480 e. The lowest BCUT2D eigenvalue weighted by atomic mass is 10.1. The lowest BCUT2D eigenvalue weighted by Crippen LogP contribution is -2.56. The summed E-state index contributed by atoms with van der Waals surface area (Å²) in [4.78, 5) is 137. The average molecular weight is 895 g/mol. The molecule has 5 heterocycles. The van der Waals surface area contributed by atoms with Gasteiger partial charge in [-0.15, -0.1) is 0 Å². The molecular weight excluding hydrogens is 837 g/mol. The number of carboxylic acids is 1. The Balaban J connectivity index is 1.14. The molecule has 5 aliphatic rings. The molecule has 344 valence electrons. The smallest absolute Gasteiger partial charge is 0.322 e. The van der Waals surface area contributed by atoms with Crippen LogP contribution < -0.4 is 27.0 Å². The number of nitrogens with one attached hydrogen (secondary N) is 4. The number of nitrogens with zero attached hydrogens (tertiary/aromatic N) is 5. The number of carbonyl (C=O) groups is 10. The Morgan fingerprint density at radius 3 is 1.52 bits per heavy atom. The zero-order chi connectivity index (χ0) is 45.2. The number of aliphatic hydroxyl groups is 2. The quantitative estimate of drug-likeness (QED) is 0.0676. The molecule has 9 amide bonds. The van der Waals surface area contributed by atoms with Crippen LogP contribution in [-0.4, -0.2) is 218 Å². The van der Waals surface area contributed by atoms with E-state index in [0.29, 0.717) is 38.0 Å². The number of β-amino-alcohol motifs (C(OH)–C–C–N with tert-alkyl or cyclic N) is 2. The molecule has 5 rings (SSSR count). The van der Waals surface area contributed by atoms with E-state index in [4.69, 9.17) is 10.8 Å². The SMILES string of the molecule is CSCC[C@H](NC(=O)[C@@H]1CCCN1C(=O)CNC(=O)[C@@H]1C[C@@H](O)CN1C(=O)[C@@H]1CCCN1C(=O)CNC(=O)[C@@H]1C[C@@H](O)CN1C(=O)[C@@H]1CCCN1C(=O)CN)C(=O)NCC(=O)O. The highest BCUT2D eigenvalue weighted by Gasteiger charge is 2.47. The van der Waals surface area contributed by atoms with Crippen LogP contribution in [0, 0.1) is 0 Å². The fraction of sp³-hybridized carbons (Fsp3) is 0.737. The molecule has 8 atom stereocenters. The Bertz CT molecular complexity index is 1760. The van der Waals surface area contributed by atoms with Gasteiger partial charge in [-0.05, 0) is 57.0 Å². The van der Waals surface area contributed by atoms with Crippen molar-refractivity contribution in [1.29, 1.82) is 0 Å². The first-order valence-electron chi connectivity index (χ1n) is 21.0. The highest BCUT2D eigenvalue weighted by atomic mass is 32.2. The van der Waals surface area contributed by atoms with E-state index < -0.39 is 127 Å². The maximum Gasteiger partial charge on any atom is 0.322 e. The maximum atomic E-state index is 14.0. The summed E-state index contributed by atoms with van der Waals surface area (Å²) in [6.45, 7) is -1.61. The van der Waals surface area contributed by atoms with Crippen molar-refractivity contribution in [3.63, 3.8) is 0 Å². The molecule has 9 N–H and O–H groups in total. The topological polar surface area (TPSA) is 322 Å². The fourth-order valence-electron chi connectivity index (χ4n) is 8.92. The third-order valence-corrected chi connectivity index (χ3v) is 12.6. The summed E-state index contributed by atoms with van der Waals surface area (Å²) in [5.41, 5.74) is 5.51. The number of aliphatic carboxylic acids is 1. The first-order valence-corrected chi connectivity index (χ1v) is 22.3. The van der Waals surface area contributed by atoms with Crippen LogP contribution in [0.3, 0.4) is 0 Å². The summed E-state index contributed by atoms with van der Waals surface area (Å²) >= 11 is 1.43. The zero-order valence-corrected chi connectivity index (χ0v) is 35.5. The molecule has 0 aromatic carbocycles. The number of thioether (sulfide) groups is 1. The molecule has 0 aromatic heterocycles. The van der Waals surface area contributed by atoms with Crippen molar-refractivity contribution in [3.8, 4) is 0 Å². The van der Waals surface area contributed by atoms with Gasteiger partial charge in [0.1, 0.15) is 42.8 Å². The van der Waals surface area contributed by atoms with E-state index in [-0.39, 0.29) is 64.8 Å². The highest BCUT2D eigenvalue weighted by molar-refractivity contribution is 7.98. The van der Waals surface area contributed by atoms with Crippen LogP contribution in [0.5, 0.6) is 0 Å². The van der Waals surface area contributed by atoms with Gasteiger partial charge in [0.05, 0.1) is 31.8 Å². The fourth-order valence-corrected chi connectivity index (χ4v) is 9.39. The molecule has 0 aliphatic carbocycles. The Hall–Kier alpha value is -5.07. The molecule has 5 saturated heterocycles. The molecule has 62 heavy (non-hydrogen) atoms. The van der Waals surface area contributed by atoms with Crippen molar-refractivity contribution >= 4 is 70.9 Å². The molecule has 5 aliphatic heterocycles. The molecule has 0 radical (unpaired) electrons. The van der Waals surface area contributed by atoms with E-state index in [9.17, 15) is 58.2 Å². The van der Waals surface area contributed by atoms with Crippen LogP contribution in [0.25, 0.3) is 0 Å². The molecule has 0 saturated carbocycles. The van der Waals surface area contributed by atoms with Crippen molar-refractivity contribution in [2.75, 3.05) is 70.9 Å². The number of hydrogen-bond acceptors (Lipinski definition) is 14. The van der Waals surface area contributed by atoms with Crippen molar-refractivity contribution < 1.29 is 63.3 Å². The Morgan fingerprint density at radius 2 is 1.06 bits per heavy atom. The van der Waals surface area contributed by atoms with Crippen LogP contribution >= 0.6 is 11.8 Å². The second kappa shape index (κ2) is 21.8. The van der Waals surface area contributed by atoms with Crippen LogP contribution in [0.4, 0.5) is 0 Å². The van der Waals surface area contributed by atoms with Crippen molar-refractivity contribution in [2.24, 2.45) is 5.73 Å². The molecule has 0 unspecified atom stereocenters. The number of nitrogens with two attached hydrogens (primary N) is 1. The minimum atomic E-state index is -1.25. The van der Waals surface area contributed by atoms with Crippen LogP contribution in [0.1, 0.15) is 57.8 Å². The first kappa shape index (κ1) is 48.0. The predicted molar refractivity (Wildman–Crippen MR) is 217 cm³/mol. The van der Waals surface area contributed by atoms with Gasteiger partial charge in [-0.1, -0.05) is 0 Å². The van der Waals surface area contributed by atoms with Crippen molar-refractivity contribution in [2.45, 2.75) is 106 Å². The number of amides is 9. The van der Waals surface area contributed by atoms with Gasteiger partial charge in [0.2, 0.25) is 53.2 Å². The summed E-state index contributed by atoms with van der Waals surface area (Å²) < 4.78 is 0. The van der Waals surface area contributed by atoms with E-state index >= 15 is 0 Å². The number of hydrogen-bond donors (Lipinski definition) is 8. The van der Waals surface area contributed by atoms with Gasteiger partial charge in [-0.25, -0.2) is 0 Å². The van der Waals surface area contributed by atoms with Crippen LogP contribution in [-0.2, 0) is 47.9 Å². The van der Waals surface area contributed by atoms with Gasteiger partial charge < -0.3 is 66.8 Å². The lowest BCUT2D eigenvalue weighted by Gasteiger charge is -2.32. The van der Waals surface area contributed by atoms with Crippen LogP contribution in [0.15, 0.2) is 0 Å². The number of carboxylic acid groups (broad SMARTS) is 1. The van der Waals surface area contributed by atoms with Gasteiger partial charge in [0.25, 0.3) is 0 Å². The van der Waals surface area contributed by atoms with Gasteiger partial charge in [-0.3, -0.25) is 47.9 Å². The second-order valence-electron chi connectivity index (χ2n) is 16.1. The van der Waals surface area contributed by atoms with E-state index in [1.807, 2.05) is 6.26 Å². The predicted octanol–water partition coefficient (Wildman–Crippen LogP) is -5.49. The number of carbonyl (C=O) groups excluding carboxylic acids is 9. The number of likely N-dealkylation sites (tertiary alicyclic amines) is 5. The van der Waals surface area contributed by atoms with Crippen molar-refractivity contribution in [3.05, 3.63) is 0 Å². The third kappa shape index (κ3) is 11.5. The highest BCUT2D eigenvalue weighted by Crippen LogP contribution is 2.27. The molecule has 0 bridgehead atoms. The minimum Gasteiger partial charge on any atom is -0.480 e. The summed E-state index contributed by atoms with van der Waals surface area (Å²) in [5.74, 6) is -6.16. The van der Waals surface area contributed by atoms with Crippen molar-refractivity contribution in [1.82, 2.24) is 45.8 Å². The monoisotopic (exact) mass is 894 g/mol. The molecule has 0 aromatic rings. The standard InChI is InChI=1S/C38H58N10O13S/c1-62-12-8-23(33(56)42-18-32(54)55)43-36(59)24-5-2-9-44(24)30(52)16-40-34(57)28-14-22(50)20-48(28)38(61)26-7-4-11-46(26)31(53)17-41-35(58)27-13-21(49)19-47(27)37(60)25-6-3-10-45(25)29(51)15-39/h21-28,49-50H,2-20,39H2,1H3,(H,40,57)(H,41,58)(H,42,56)(H,43,59)(H,54,55)/t21-,22-,23+,24+,25+,26+,27+,28+/m1/s1. The zero-order valence-electron chi connectivity index (χ0n) is 34.7. The summed E-state index contributed by atoms with van der Waals surface area (Å²) in [6.07, 6.45) is 2.12. The van der Waals surface area contributed by atoms with Gasteiger partial charge in [0.15, 0.2) is 0 Å². The van der Waals surface area contributed by atoms with Gasteiger partial charge in [-0.2, -0.15) is 11.8 Å². The Labute approximate surface area is 362 Å². The molecule has 5 fully saturated rings. The lowest BCUT2D eigenvalue weighted by molar-refractivity contribution is -0.147. The Kier molecular flexibility index (Phi) is 16.9. The summed E-state index contributed by atoms with van der Waals surface area (Å²) in [5, 5.41) is 39.8. The van der Waals surface area contributed by atoms with E-state index in [2.05, 4.69) is 21.3 Å². The number of aliphatic hydroxyl groups excluding tert-OH is 2. The second-order valence-corrected chi connectivity index (χ2v) is 17.1. The molecular formula is C38H58N10O13S. The Morgan fingerprint density at radius 1 is 0.613 bits per heavy atom. The maximum absolute atomic E-state index is 14.0. The van der Waals surface area contributed by atoms with E-state index in [0.717, 1.165) is 0 Å². The van der Waals surface area contributed by atoms with Crippen LogP contribution in [0.2, 0.25) is 0 Å². The number of rotatable bonds is 17. The average Bonchev–Trinajstić information content (AvgIpc) is 4.11. The molecule has 0 spiro atoms. The molecule has 24 heteroatoms. The first-order chi connectivity index (χ1) is 29.6. The molecule has 23 nitrogen and oxygen atoms in total. The third-order valence-electron chi connectivity index (χ3n) is 12.0. The minimum absolute atomic E-state index is 0.0784. The normalized spacial score (nSPS) is 26.3. The summed E-state index contributed by atoms with van der Waals surface area (Å²) in [6, 6.07) is -6.11. The van der Waals surface area contributed by atoms with Gasteiger partial charge >= 0.3 is 5.97 Å².